The van der Waals surface area contributed by atoms with E-state index in [0.717, 1.165) is 25.8 Å². The number of rotatable bonds is 6. The van der Waals surface area contributed by atoms with Gasteiger partial charge in [0.1, 0.15) is 0 Å². The zero-order valence-electron chi connectivity index (χ0n) is 12.7. The number of sulfonamides is 1. The number of nitrogens with zero attached hydrogens (tertiary/aromatic N) is 1. The van der Waals surface area contributed by atoms with Crippen LogP contribution < -0.4 is 5.32 Å². The van der Waals surface area contributed by atoms with Gasteiger partial charge in [0.2, 0.25) is 10.0 Å². The molecule has 0 amide bonds. The van der Waals surface area contributed by atoms with E-state index >= 15 is 0 Å². The summed E-state index contributed by atoms with van der Waals surface area (Å²) in [4.78, 5) is 11.3. The number of hydrogen-bond acceptors (Lipinski definition) is 5. The van der Waals surface area contributed by atoms with Gasteiger partial charge >= 0.3 is 5.97 Å². The van der Waals surface area contributed by atoms with E-state index < -0.39 is 16.0 Å². The van der Waals surface area contributed by atoms with Crippen LogP contribution in [0.25, 0.3) is 0 Å². The van der Waals surface area contributed by atoms with Crippen molar-refractivity contribution in [2.24, 2.45) is 5.92 Å². The summed E-state index contributed by atoms with van der Waals surface area (Å²) in [5.74, 6) is -0.179. The zero-order chi connectivity index (χ0) is 15.3. The Kier molecular flexibility index (Phi) is 6.01. The molecule has 2 atom stereocenters. The number of carbonyl (C=O) groups excluding carboxylic acids is 1. The van der Waals surface area contributed by atoms with Crippen LogP contribution in [0, 0.1) is 5.92 Å². The van der Waals surface area contributed by atoms with Crippen LogP contribution in [-0.4, -0.2) is 56.7 Å². The van der Waals surface area contributed by atoms with Gasteiger partial charge in [-0.05, 0) is 45.1 Å². The van der Waals surface area contributed by atoms with Gasteiger partial charge in [0.05, 0.1) is 18.8 Å². The Bertz CT molecular complexity index is 446. The lowest BCUT2D eigenvalue weighted by Gasteiger charge is -2.35. The monoisotopic (exact) mass is 318 g/mol. The maximum Gasteiger partial charge on any atom is 0.306 e. The number of ether oxygens (including phenoxy) is 1. The van der Waals surface area contributed by atoms with Gasteiger partial charge in [-0.25, -0.2) is 12.7 Å². The SMILES string of the molecule is CCOC(=O)CCS(=O)(=O)N1CCCC(C2CCCN2)C1. The molecule has 2 fully saturated rings. The van der Waals surface area contributed by atoms with Crippen LogP contribution in [0.3, 0.4) is 0 Å². The lowest BCUT2D eigenvalue weighted by Crippen LogP contribution is -2.46. The molecule has 2 saturated heterocycles. The number of esters is 1. The maximum atomic E-state index is 12.4. The summed E-state index contributed by atoms with van der Waals surface area (Å²) < 4.78 is 31.1. The molecule has 21 heavy (non-hydrogen) atoms. The molecule has 0 aromatic rings. The molecule has 0 aliphatic carbocycles. The van der Waals surface area contributed by atoms with Gasteiger partial charge in [0, 0.05) is 19.1 Å². The van der Waals surface area contributed by atoms with Crippen molar-refractivity contribution in [1.29, 1.82) is 0 Å². The van der Waals surface area contributed by atoms with Crippen LogP contribution in [0.5, 0.6) is 0 Å². The first kappa shape index (κ1) is 16.7. The number of piperidine rings is 1. The van der Waals surface area contributed by atoms with Gasteiger partial charge in [-0.3, -0.25) is 4.79 Å². The molecular formula is C14H26N2O4S. The lowest BCUT2D eigenvalue weighted by atomic mass is 9.91. The van der Waals surface area contributed by atoms with Crippen LogP contribution >= 0.6 is 0 Å². The van der Waals surface area contributed by atoms with Crippen LogP contribution in [0.15, 0.2) is 0 Å². The van der Waals surface area contributed by atoms with Crippen molar-refractivity contribution >= 4 is 16.0 Å². The minimum atomic E-state index is -3.35. The number of hydrogen-bond donors (Lipinski definition) is 1. The van der Waals surface area contributed by atoms with Gasteiger partial charge in [-0.15, -0.1) is 0 Å². The van der Waals surface area contributed by atoms with Crippen molar-refractivity contribution in [3.63, 3.8) is 0 Å². The Labute approximate surface area is 127 Å². The fourth-order valence-corrected chi connectivity index (χ4v) is 4.75. The van der Waals surface area contributed by atoms with Crippen molar-refractivity contribution in [2.45, 2.75) is 45.1 Å². The first-order chi connectivity index (χ1) is 10.0. The third-order valence-corrected chi connectivity index (χ3v) is 6.19. The summed E-state index contributed by atoms with van der Waals surface area (Å²) in [5, 5.41) is 3.47. The van der Waals surface area contributed by atoms with Gasteiger partial charge in [0.15, 0.2) is 0 Å². The summed E-state index contributed by atoms with van der Waals surface area (Å²) >= 11 is 0. The molecule has 7 heteroatoms. The molecule has 0 saturated carbocycles. The van der Waals surface area contributed by atoms with E-state index in [2.05, 4.69) is 5.32 Å². The fourth-order valence-electron chi connectivity index (χ4n) is 3.24. The van der Waals surface area contributed by atoms with Crippen LogP contribution in [-0.2, 0) is 19.6 Å². The quantitative estimate of drug-likeness (QED) is 0.731. The van der Waals surface area contributed by atoms with Gasteiger partial charge in [-0.2, -0.15) is 0 Å². The largest absolute Gasteiger partial charge is 0.466 e. The van der Waals surface area contributed by atoms with Gasteiger partial charge < -0.3 is 10.1 Å². The van der Waals surface area contributed by atoms with E-state index in [0.29, 0.717) is 25.0 Å². The van der Waals surface area contributed by atoms with Crippen molar-refractivity contribution in [2.75, 3.05) is 32.0 Å². The highest BCUT2D eigenvalue weighted by atomic mass is 32.2. The molecule has 0 aromatic carbocycles. The second-order valence-electron chi connectivity index (χ2n) is 5.83. The first-order valence-corrected chi connectivity index (χ1v) is 9.50. The van der Waals surface area contributed by atoms with E-state index in [4.69, 9.17) is 4.74 Å². The van der Waals surface area contributed by atoms with E-state index in [-0.39, 0.29) is 18.8 Å². The van der Waals surface area contributed by atoms with Crippen molar-refractivity contribution in [3.05, 3.63) is 0 Å². The van der Waals surface area contributed by atoms with Crippen molar-refractivity contribution in [1.82, 2.24) is 9.62 Å². The summed E-state index contributed by atoms with van der Waals surface area (Å²) in [6.45, 7) is 4.21. The Hall–Kier alpha value is -0.660. The normalized spacial score (nSPS) is 27.7. The second-order valence-corrected chi connectivity index (χ2v) is 7.92. The molecular weight excluding hydrogens is 292 g/mol. The molecule has 2 heterocycles. The summed E-state index contributed by atoms with van der Waals surface area (Å²) in [6.07, 6.45) is 4.25. The number of carbonyl (C=O) groups is 1. The Morgan fingerprint density at radius 3 is 2.81 bits per heavy atom. The average molecular weight is 318 g/mol. The van der Waals surface area contributed by atoms with Gasteiger partial charge in [-0.1, -0.05) is 0 Å². The summed E-state index contributed by atoms with van der Waals surface area (Å²) in [5.41, 5.74) is 0. The Morgan fingerprint density at radius 2 is 2.14 bits per heavy atom. The van der Waals surface area contributed by atoms with E-state index in [9.17, 15) is 13.2 Å². The van der Waals surface area contributed by atoms with Gasteiger partial charge in [0.25, 0.3) is 0 Å². The molecule has 2 unspecified atom stereocenters. The minimum absolute atomic E-state index is 0.0565. The molecule has 122 valence electrons. The minimum Gasteiger partial charge on any atom is -0.466 e. The smallest absolute Gasteiger partial charge is 0.306 e. The highest BCUT2D eigenvalue weighted by Crippen LogP contribution is 2.26. The highest BCUT2D eigenvalue weighted by Gasteiger charge is 2.33. The summed E-state index contributed by atoms with van der Waals surface area (Å²) in [6, 6.07) is 0.452. The maximum absolute atomic E-state index is 12.4. The fraction of sp³-hybridized carbons (Fsp3) is 0.929. The van der Waals surface area contributed by atoms with E-state index in [1.165, 1.54) is 6.42 Å². The van der Waals surface area contributed by atoms with Crippen molar-refractivity contribution < 1.29 is 17.9 Å². The molecule has 0 radical (unpaired) electrons. The van der Waals surface area contributed by atoms with Crippen LogP contribution in [0.2, 0.25) is 0 Å². The van der Waals surface area contributed by atoms with Crippen LogP contribution in [0.1, 0.15) is 39.0 Å². The molecule has 6 nitrogen and oxygen atoms in total. The molecule has 1 N–H and O–H groups in total. The zero-order valence-corrected chi connectivity index (χ0v) is 13.5. The predicted octanol–water partition coefficient (Wildman–Crippen LogP) is 0.733. The molecule has 2 aliphatic rings. The molecule has 0 bridgehead atoms. The van der Waals surface area contributed by atoms with Crippen molar-refractivity contribution in [3.8, 4) is 0 Å². The average Bonchev–Trinajstić information content (AvgIpc) is 3.00. The Morgan fingerprint density at radius 1 is 1.33 bits per heavy atom. The lowest BCUT2D eigenvalue weighted by molar-refractivity contribution is -0.142. The standard InChI is InChI=1S/C14H26N2O4S/c1-2-20-14(17)7-10-21(18,19)16-9-4-5-12(11-16)13-6-3-8-15-13/h12-13,15H,2-11H2,1H3. The second kappa shape index (κ2) is 7.56. The molecule has 2 rings (SSSR count). The third kappa shape index (κ3) is 4.66. The topological polar surface area (TPSA) is 75.7 Å². The molecule has 0 aromatic heterocycles. The van der Waals surface area contributed by atoms with E-state index in [1.807, 2.05) is 0 Å². The first-order valence-electron chi connectivity index (χ1n) is 7.89. The summed E-state index contributed by atoms with van der Waals surface area (Å²) in [7, 11) is -3.35. The van der Waals surface area contributed by atoms with E-state index in [1.54, 1.807) is 11.2 Å². The predicted molar refractivity (Wildman–Crippen MR) is 80.4 cm³/mol. The molecule has 0 spiro atoms. The van der Waals surface area contributed by atoms with Crippen LogP contribution in [0.4, 0.5) is 0 Å². The number of nitrogens with one attached hydrogen (secondary N) is 1. The molecule has 2 aliphatic heterocycles. The highest BCUT2D eigenvalue weighted by molar-refractivity contribution is 7.89. The Balaban J connectivity index is 1.88. The third-order valence-electron chi connectivity index (χ3n) is 4.35.